The van der Waals surface area contributed by atoms with Crippen LogP contribution in [-0.4, -0.2) is 21.1 Å². The predicted molar refractivity (Wildman–Crippen MR) is 72.1 cm³/mol. The summed E-state index contributed by atoms with van der Waals surface area (Å²) in [6.45, 7) is 3.63. The molecule has 20 heavy (non-hydrogen) atoms. The molecule has 5 nitrogen and oxygen atoms in total. The van der Waals surface area contributed by atoms with Gasteiger partial charge in [-0.15, -0.1) is 4.98 Å². The number of aromatic nitrogens is 3. The van der Waals surface area contributed by atoms with Gasteiger partial charge in [0.05, 0.1) is 11.1 Å². The lowest BCUT2D eigenvalue weighted by Gasteiger charge is -2.09. The summed E-state index contributed by atoms with van der Waals surface area (Å²) in [7, 11) is 0. The topological polar surface area (TPSA) is 57.1 Å². The molecule has 0 spiro atoms. The maximum Gasteiger partial charge on any atom is 0.329 e. The van der Waals surface area contributed by atoms with E-state index in [0.717, 1.165) is 0 Å². The third kappa shape index (κ3) is 3.91. The standard InChI is InChI=1S/C12H10Cl2FN3O2/c1-6(2)19-11-16-10(14)17-12(18-11)20-7-3-4-9(15)8(13)5-7/h3-6H,1-2H3. The van der Waals surface area contributed by atoms with Crippen molar-refractivity contribution in [3.05, 3.63) is 34.3 Å². The number of rotatable bonds is 4. The van der Waals surface area contributed by atoms with Gasteiger partial charge in [-0.2, -0.15) is 9.97 Å². The zero-order chi connectivity index (χ0) is 14.7. The van der Waals surface area contributed by atoms with E-state index in [4.69, 9.17) is 32.7 Å². The van der Waals surface area contributed by atoms with E-state index in [1.54, 1.807) is 0 Å². The molecule has 0 unspecified atom stereocenters. The third-order valence-electron chi connectivity index (χ3n) is 2.01. The molecular weight excluding hydrogens is 308 g/mol. The normalized spacial score (nSPS) is 10.7. The highest BCUT2D eigenvalue weighted by molar-refractivity contribution is 6.30. The fourth-order valence-electron chi connectivity index (χ4n) is 1.27. The monoisotopic (exact) mass is 317 g/mol. The average Bonchev–Trinajstić information content (AvgIpc) is 2.32. The summed E-state index contributed by atoms with van der Waals surface area (Å²) in [6, 6.07) is 3.84. The fourth-order valence-corrected chi connectivity index (χ4v) is 1.58. The van der Waals surface area contributed by atoms with Crippen LogP contribution in [0.2, 0.25) is 10.3 Å². The van der Waals surface area contributed by atoms with Gasteiger partial charge in [-0.05, 0) is 37.6 Å². The van der Waals surface area contributed by atoms with Crippen LogP contribution in [0.1, 0.15) is 13.8 Å². The predicted octanol–water partition coefficient (Wildman–Crippen LogP) is 3.90. The van der Waals surface area contributed by atoms with E-state index in [9.17, 15) is 4.39 Å². The lowest BCUT2D eigenvalue weighted by molar-refractivity contribution is 0.218. The summed E-state index contributed by atoms with van der Waals surface area (Å²) in [5.74, 6) is -0.273. The van der Waals surface area contributed by atoms with Crippen molar-refractivity contribution >= 4 is 23.2 Å². The molecule has 1 aromatic heterocycles. The Morgan fingerprint density at radius 1 is 1.10 bits per heavy atom. The van der Waals surface area contributed by atoms with Gasteiger partial charge in [0.2, 0.25) is 5.28 Å². The van der Waals surface area contributed by atoms with Crippen molar-refractivity contribution in [3.63, 3.8) is 0 Å². The molecular formula is C12H10Cl2FN3O2. The molecule has 0 fully saturated rings. The SMILES string of the molecule is CC(C)Oc1nc(Cl)nc(Oc2ccc(F)c(Cl)c2)n1. The van der Waals surface area contributed by atoms with E-state index in [2.05, 4.69) is 15.0 Å². The Morgan fingerprint density at radius 2 is 1.80 bits per heavy atom. The Hall–Kier alpha value is -1.66. The van der Waals surface area contributed by atoms with Gasteiger partial charge in [-0.3, -0.25) is 0 Å². The van der Waals surface area contributed by atoms with E-state index in [-0.39, 0.29) is 34.2 Å². The van der Waals surface area contributed by atoms with E-state index >= 15 is 0 Å². The first-order chi connectivity index (χ1) is 9.44. The molecule has 2 rings (SSSR count). The zero-order valence-electron chi connectivity index (χ0n) is 10.6. The first-order valence-electron chi connectivity index (χ1n) is 5.65. The van der Waals surface area contributed by atoms with Gasteiger partial charge < -0.3 is 9.47 Å². The highest BCUT2D eigenvalue weighted by atomic mass is 35.5. The molecule has 0 saturated heterocycles. The summed E-state index contributed by atoms with van der Waals surface area (Å²) in [4.78, 5) is 11.5. The first kappa shape index (κ1) is 14.7. The van der Waals surface area contributed by atoms with Crippen molar-refractivity contribution < 1.29 is 13.9 Å². The minimum Gasteiger partial charge on any atom is -0.461 e. The van der Waals surface area contributed by atoms with E-state index in [0.29, 0.717) is 0 Å². The van der Waals surface area contributed by atoms with Crippen LogP contribution in [0, 0.1) is 5.82 Å². The van der Waals surface area contributed by atoms with Crippen LogP contribution in [0.25, 0.3) is 0 Å². The Morgan fingerprint density at radius 3 is 2.45 bits per heavy atom. The molecule has 1 aromatic carbocycles. The van der Waals surface area contributed by atoms with Crippen molar-refractivity contribution in [2.24, 2.45) is 0 Å². The van der Waals surface area contributed by atoms with Gasteiger partial charge in [0.25, 0.3) is 0 Å². The Labute approximate surface area is 124 Å². The van der Waals surface area contributed by atoms with Crippen LogP contribution >= 0.6 is 23.2 Å². The van der Waals surface area contributed by atoms with Gasteiger partial charge >= 0.3 is 12.0 Å². The number of hydrogen-bond acceptors (Lipinski definition) is 5. The molecule has 2 aromatic rings. The minimum atomic E-state index is -0.545. The Kier molecular flexibility index (Phi) is 4.57. The van der Waals surface area contributed by atoms with Gasteiger partial charge in [-0.1, -0.05) is 11.6 Å². The number of halogens is 3. The van der Waals surface area contributed by atoms with Crippen LogP contribution in [0.5, 0.6) is 17.8 Å². The Bertz CT molecular complexity index is 626. The quantitative estimate of drug-likeness (QED) is 0.856. The van der Waals surface area contributed by atoms with Gasteiger partial charge in [0.1, 0.15) is 11.6 Å². The smallest absolute Gasteiger partial charge is 0.329 e. The maximum absolute atomic E-state index is 13.0. The van der Waals surface area contributed by atoms with Gasteiger partial charge in [0, 0.05) is 6.07 Å². The van der Waals surface area contributed by atoms with E-state index < -0.39 is 5.82 Å². The second-order valence-corrected chi connectivity index (χ2v) is 4.76. The highest BCUT2D eigenvalue weighted by Crippen LogP contribution is 2.25. The number of benzene rings is 1. The lowest BCUT2D eigenvalue weighted by atomic mass is 10.3. The summed E-state index contributed by atoms with van der Waals surface area (Å²) in [6.07, 6.45) is -0.124. The van der Waals surface area contributed by atoms with Crippen molar-refractivity contribution in [2.75, 3.05) is 0 Å². The molecule has 8 heteroatoms. The molecule has 0 N–H and O–H groups in total. The van der Waals surface area contributed by atoms with Crippen molar-refractivity contribution in [2.45, 2.75) is 20.0 Å². The molecule has 0 atom stereocenters. The highest BCUT2D eigenvalue weighted by Gasteiger charge is 2.10. The van der Waals surface area contributed by atoms with Crippen molar-refractivity contribution in [1.29, 1.82) is 0 Å². The van der Waals surface area contributed by atoms with Crippen LogP contribution in [0.15, 0.2) is 18.2 Å². The molecule has 0 amide bonds. The minimum absolute atomic E-state index is 0.0446. The van der Waals surface area contributed by atoms with E-state index in [1.807, 2.05) is 13.8 Å². The molecule has 0 aliphatic carbocycles. The maximum atomic E-state index is 13.0. The summed E-state index contributed by atoms with van der Waals surface area (Å²) >= 11 is 11.4. The zero-order valence-corrected chi connectivity index (χ0v) is 12.1. The lowest BCUT2D eigenvalue weighted by Crippen LogP contribution is -2.09. The number of hydrogen-bond donors (Lipinski definition) is 0. The molecule has 0 bridgehead atoms. The van der Waals surface area contributed by atoms with Crippen LogP contribution in [0.4, 0.5) is 4.39 Å². The average molecular weight is 318 g/mol. The molecule has 1 heterocycles. The molecule has 0 radical (unpaired) electrons. The summed E-state index contributed by atoms with van der Waals surface area (Å²) in [5, 5.41) is -0.139. The third-order valence-corrected chi connectivity index (χ3v) is 2.47. The van der Waals surface area contributed by atoms with Gasteiger partial charge in [0.15, 0.2) is 0 Å². The second kappa shape index (κ2) is 6.19. The summed E-state index contributed by atoms with van der Waals surface area (Å²) in [5.41, 5.74) is 0. The number of nitrogens with zero attached hydrogens (tertiary/aromatic N) is 3. The van der Waals surface area contributed by atoms with Crippen LogP contribution < -0.4 is 9.47 Å². The summed E-state index contributed by atoms with van der Waals surface area (Å²) < 4.78 is 23.7. The second-order valence-electron chi connectivity index (χ2n) is 4.01. The molecule has 0 saturated carbocycles. The Balaban J connectivity index is 2.24. The van der Waals surface area contributed by atoms with Crippen molar-refractivity contribution in [1.82, 2.24) is 15.0 Å². The molecule has 0 aliphatic heterocycles. The molecule has 0 aliphatic rings. The first-order valence-corrected chi connectivity index (χ1v) is 6.41. The largest absolute Gasteiger partial charge is 0.461 e. The van der Waals surface area contributed by atoms with Gasteiger partial charge in [-0.25, -0.2) is 4.39 Å². The number of ether oxygens (including phenoxy) is 2. The molecule has 106 valence electrons. The van der Waals surface area contributed by atoms with E-state index in [1.165, 1.54) is 18.2 Å². The van der Waals surface area contributed by atoms with Crippen molar-refractivity contribution in [3.8, 4) is 17.8 Å². The van der Waals surface area contributed by atoms with Crippen LogP contribution in [0.3, 0.4) is 0 Å². The fraction of sp³-hybridized carbons (Fsp3) is 0.250. The van der Waals surface area contributed by atoms with Crippen LogP contribution in [-0.2, 0) is 0 Å².